The number of rotatable bonds is 6. The first kappa shape index (κ1) is 19.4. The van der Waals surface area contributed by atoms with Gasteiger partial charge in [-0.25, -0.2) is 5.43 Å². The third kappa shape index (κ3) is 5.80. The van der Waals surface area contributed by atoms with Crippen LogP contribution in [0, 0.1) is 3.57 Å². The largest absolute Gasteiger partial charge is 0.488 e. The minimum absolute atomic E-state index is 0.264. The van der Waals surface area contributed by atoms with E-state index < -0.39 is 0 Å². The Balaban J connectivity index is 1.64. The monoisotopic (exact) mass is 490 g/mol. The molecule has 4 nitrogen and oxygen atoms in total. The average molecular weight is 491 g/mol. The van der Waals surface area contributed by atoms with Gasteiger partial charge >= 0.3 is 0 Å². The normalized spacial score (nSPS) is 10.7. The number of carbonyl (C=O) groups is 1. The van der Waals surface area contributed by atoms with Crippen molar-refractivity contribution in [3.05, 3.63) is 98.1 Å². The molecule has 0 unspecified atom stereocenters. The molecule has 0 saturated heterocycles. The molecule has 0 aromatic heterocycles. The molecule has 1 N–H and O–H groups in total. The Labute approximate surface area is 176 Å². The number of benzene rings is 3. The fourth-order valence-electron chi connectivity index (χ4n) is 2.33. The number of nitrogens with zero attached hydrogens (tertiary/aromatic N) is 1. The Morgan fingerprint density at radius 2 is 1.85 bits per heavy atom. The van der Waals surface area contributed by atoms with E-state index >= 15 is 0 Å². The SMILES string of the molecule is O=C(N/N=C\c1ccccc1OCc1cccc(Cl)c1)c1ccc(I)cc1. The maximum atomic E-state index is 12.1. The summed E-state index contributed by atoms with van der Waals surface area (Å²) in [7, 11) is 0. The van der Waals surface area contributed by atoms with Crippen molar-refractivity contribution in [1.82, 2.24) is 5.43 Å². The van der Waals surface area contributed by atoms with Gasteiger partial charge in [-0.15, -0.1) is 0 Å². The number of hydrazone groups is 1. The summed E-state index contributed by atoms with van der Waals surface area (Å²) in [6.07, 6.45) is 1.57. The summed E-state index contributed by atoms with van der Waals surface area (Å²) >= 11 is 8.19. The molecule has 0 atom stereocenters. The molecule has 0 saturated carbocycles. The molecule has 0 heterocycles. The van der Waals surface area contributed by atoms with E-state index in [0.29, 0.717) is 22.9 Å². The van der Waals surface area contributed by atoms with Gasteiger partial charge in [-0.1, -0.05) is 35.9 Å². The molecule has 3 aromatic rings. The molecule has 0 radical (unpaired) electrons. The Morgan fingerprint density at radius 3 is 2.63 bits per heavy atom. The van der Waals surface area contributed by atoms with Crippen LogP contribution in [0.2, 0.25) is 5.02 Å². The van der Waals surface area contributed by atoms with Gasteiger partial charge in [-0.3, -0.25) is 4.79 Å². The summed E-state index contributed by atoms with van der Waals surface area (Å²) in [6, 6.07) is 22.3. The van der Waals surface area contributed by atoms with Gasteiger partial charge in [-0.2, -0.15) is 5.10 Å². The molecule has 136 valence electrons. The van der Waals surface area contributed by atoms with Gasteiger partial charge < -0.3 is 4.74 Å². The average Bonchev–Trinajstić information content (AvgIpc) is 2.68. The second-order valence-corrected chi connectivity index (χ2v) is 7.34. The Morgan fingerprint density at radius 1 is 1.07 bits per heavy atom. The molecule has 3 aromatic carbocycles. The van der Waals surface area contributed by atoms with E-state index in [1.165, 1.54) is 0 Å². The Bertz CT molecular complexity index is 958. The first-order chi connectivity index (χ1) is 13.1. The quantitative estimate of drug-likeness (QED) is 0.290. The lowest BCUT2D eigenvalue weighted by molar-refractivity contribution is 0.0955. The van der Waals surface area contributed by atoms with Crippen molar-refractivity contribution < 1.29 is 9.53 Å². The predicted octanol–water partition coefficient (Wildman–Crippen LogP) is 5.29. The Hall–Kier alpha value is -2.38. The highest BCUT2D eigenvalue weighted by Crippen LogP contribution is 2.19. The molecule has 0 fully saturated rings. The molecule has 0 aliphatic heterocycles. The number of amides is 1. The minimum atomic E-state index is -0.264. The zero-order valence-corrected chi connectivity index (χ0v) is 17.1. The van der Waals surface area contributed by atoms with E-state index in [-0.39, 0.29) is 5.91 Å². The summed E-state index contributed by atoms with van der Waals surface area (Å²) < 4.78 is 6.94. The summed E-state index contributed by atoms with van der Waals surface area (Å²) in [5.41, 5.74) is 4.82. The number of para-hydroxylation sites is 1. The molecule has 0 aliphatic rings. The number of ether oxygens (including phenoxy) is 1. The van der Waals surface area contributed by atoms with Crippen LogP contribution in [0.3, 0.4) is 0 Å². The summed E-state index contributed by atoms with van der Waals surface area (Å²) in [6.45, 7) is 0.389. The number of halogens is 2. The minimum Gasteiger partial charge on any atom is -0.488 e. The van der Waals surface area contributed by atoms with Gasteiger partial charge in [0.2, 0.25) is 0 Å². The highest BCUT2D eigenvalue weighted by molar-refractivity contribution is 14.1. The van der Waals surface area contributed by atoms with Crippen LogP contribution < -0.4 is 10.2 Å². The number of carbonyl (C=O) groups excluding carboxylic acids is 1. The molecule has 0 spiro atoms. The van der Waals surface area contributed by atoms with Crippen molar-refractivity contribution in [2.24, 2.45) is 5.10 Å². The van der Waals surface area contributed by atoms with E-state index in [1.807, 2.05) is 60.7 Å². The van der Waals surface area contributed by atoms with Crippen LogP contribution in [0.15, 0.2) is 77.9 Å². The topological polar surface area (TPSA) is 50.7 Å². The number of hydrogen-bond donors (Lipinski definition) is 1. The lowest BCUT2D eigenvalue weighted by Crippen LogP contribution is -2.17. The molecule has 1 amide bonds. The zero-order valence-electron chi connectivity index (χ0n) is 14.2. The van der Waals surface area contributed by atoms with Crippen molar-refractivity contribution >= 4 is 46.3 Å². The van der Waals surface area contributed by atoms with E-state index in [0.717, 1.165) is 14.7 Å². The smallest absolute Gasteiger partial charge is 0.271 e. The molecule has 0 bridgehead atoms. The standard InChI is InChI=1S/C21H16ClIN2O2/c22-18-6-3-4-15(12-18)14-27-20-7-2-1-5-17(20)13-24-25-21(26)16-8-10-19(23)11-9-16/h1-13H,14H2,(H,25,26)/b24-13-. The Kier molecular flexibility index (Phi) is 6.84. The van der Waals surface area contributed by atoms with Gasteiger partial charge in [-0.05, 0) is 76.7 Å². The van der Waals surface area contributed by atoms with Crippen LogP contribution in [0.1, 0.15) is 21.5 Å². The molecule has 0 aliphatic carbocycles. The van der Waals surface area contributed by atoms with E-state index in [9.17, 15) is 4.79 Å². The predicted molar refractivity (Wildman–Crippen MR) is 116 cm³/mol. The molecule has 3 rings (SSSR count). The first-order valence-electron chi connectivity index (χ1n) is 8.17. The molecular formula is C21H16ClIN2O2. The highest BCUT2D eigenvalue weighted by atomic mass is 127. The second kappa shape index (κ2) is 9.53. The fraction of sp³-hybridized carbons (Fsp3) is 0.0476. The van der Waals surface area contributed by atoms with Crippen molar-refractivity contribution in [2.75, 3.05) is 0 Å². The van der Waals surface area contributed by atoms with E-state index in [1.54, 1.807) is 18.3 Å². The highest BCUT2D eigenvalue weighted by Gasteiger charge is 2.05. The third-order valence-corrected chi connectivity index (χ3v) is 4.63. The van der Waals surface area contributed by atoms with Crippen molar-refractivity contribution in [1.29, 1.82) is 0 Å². The van der Waals surface area contributed by atoms with Crippen LogP contribution >= 0.6 is 34.2 Å². The van der Waals surface area contributed by atoms with Crippen LogP contribution in [0.25, 0.3) is 0 Å². The lowest BCUT2D eigenvalue weighted by atomic mass is 10.2. The van der Waals surface area contributed by atoms with Crippen LogP contribution in [-0.4, -0.2) is 12.1 Å². The molecular weight excluding hydrogens is 475 g/mol. The third-order valence-electron chi connectivity index (χ3n) is 3.68. The molecule has 27 heavy (non-hydrogen) atoms. The van der Waals surface area contributed by atoms with Gasteiger partial charge in [0.05, 0.1) is 6.21 Å². The van der Waals surface area contributed by atoms with E-state index in [2.05, 4.69) is 33.1 Å². The van der Waals surface area contributed by atoms with Gasteiger partial charge in [0.25, 0.3) is 5.91 Å². The zero-order chi connectivity index (χ0) is 19.1. The van der Waals surface area contributed by atoms with Crippen molar-refractivity contribution in [2.45, 2.75) is 6.61 Å². The second-order valence-electron chi connectivity index (χ2n) is 5.66. The summed E-state index contributed by atoms with van der Waals surface area (Å²) in [5.74, 6) is 0.407. The van der Waals surface area contributed by atoms with Gasteiger partial charge in [0.1, 0.15) is 12.4 Å². The van der Waals surface area contributed by atoms with Crippen molar-refractivity contribution in [3.63, 3.8) is 0 Å². The molecule has 6 heteroatoms. The maximum absolute atomic E-state index is 12.1. The fourth-order valence-corrected chi connectivity index (χ4v) is 2.91. The lowest BCUT2D eigenvalue weighted by Gasteiger charge is -2.09. The maximum Gasteiger partial charge on any atom is 0.271 e. The summed E-state index contributed by atoms with van der Waals surface area (Å²) in [4.78, 5) is 12.1. The van der Waals surface area contributed by atoms with Gasteiger partial charge in [0.15, 0.2) is 0 Å². The first-order valence-corrected chi connectivity index (χ1v) is 9.63. The number of nitrogens with one attached hydrogen (secondary N) is 1. The van der Waals surface area contributed by atoms with Crippen LogP contribution in [0.5, 0.6) is 5.75 Å². The number of hydrogen-bond acceptors (Lipinski definition) is 3. The van der Waals surface area contributed by atoms with Crippen LogP contribution in [-0.2, 0) is 6.61 Å². The van der Waals surface area contributed by atoms with Crippen LogP contribution in [0.4, 0.5) is 0 Å². The van der Waals surface area contributed by atoms with E-state index in [4.69, 9.17) is 16.3 Å². The van der Waals surface area contributed by atoms with Crippen molar-refractivity contribution in [3.8, 4) is 5.75 Å². The van der Waals surface area contributed by atoms with Gasteiger partial charge in [0, 0.05) is 19.7 Å². The summed E-state index contributed by atoms with van der Waals surface area (Å²) in [5, 5.41) is 4.71.